The van der Waals surface area contributed by atoms with Gasteiger partial charge in [-0.15, -0.1) is 0 Å². The normalized spacial score (nSPS) is 22.1. The second-order valence-electron chi connectivity index (χ2n) is 7.54. The van der Waals surface area contributed by atoms with E-state index in [4.69, 9.17) is 18.6 Å². The van der Waals surface area contributed by atoms with Gasteiger partial charge < -0.3 is 23.9 Å². The van der Waals surface area contributed by atoms with E-state index in [9.17, 15) is 9.59 Å². The Morgan fingerprint density at radius 2 is 1.97 bits per heavy atom. The molecule has 7 heteroatoms. The quantitative estimate of drug-likeness (QED) is 0.399. The van der Waals surface area contributed by atoms with Gasteiger partial charge in [-0.25, -0.2) is 4.79 Å². The van der Waals surface area contributed by atoms with Crippen LogP contribution in [-0.4, -0.2) is 19.7 Å². The van der Waals surface area contributed by atoms with Crippen molar-refractivity contribution in [3.05, 3.63) is 64.0 Å². The Balaban J connectivity index is 1.61. The van der Waals surface area contributed by atoms with Gasteiger partial charge in [-0.05, 0) is 30.2 Å². The Hall–Kier alpha value is -3.32. The Labute approximate surface area is 172 Å². The molecule has 0 unspecified atom stereocenters. The van der Waals surface area contributed by atoms with Gasteiger partial charge in [-0.3, -0.25) is 4.79 Å². The fraction of sp³-hybridized carbons (Fsp3) is 0.304. The summed E-state index contributed by atoms with van der Waals surface area (Å²) in [7, 11) is 1.55. The number of hydrogen-bond acceptors (Lipinski definition) is 7. The number of rotatable bonds is 3. The summed E-state index contributed by atoms with van der Waals surface area (Å²) in [6, 6.07) is 12.8. The molecule has 3 atom stereocenters. The average Bonchev–Trinajstić information content (AvgIpc) is 3.23. The minimum Gasteiger partial charge on any atom is -0.493 e. The minimum absolute atomic E-state index is 0.123. The average molecular weight is 407 g/mol. The molecule has 2 aromatic carbocycles. The molecule has 1 aromatic heterocycles. The summed E-state index contributed by atoms with van der Waals surface area (Å²) in [6.45, 7) is 1.98. The molecule has 0 bridgehead atoms. The fourth-order valence-corrected chi connectivity index (χ4v) is 4.56. The number of fused-ring (bicyclic) bond motifs is 5. The highest BCUT2D eigenvalue weighted by Crippen LogP contribution is 2.51. The summed E-state index contributed by atoms with van der Waals surface area (Å²) >= 11 is 0. The van der Waals surface area contributed by atoms with E-state index in [2.05, 4.69) is 5.32 Å². The van der Waals surface area contributed by atoms with E-state index in [1.54, 1.807) is 25.3 Å². The molecule has 0 amide bonds. The van der Waals surface area contributed by atoms with E-state index < -0.39 is 5.63 Å². The highest BCUT2D eigenvalue weighted by Gasteiger charge is 2.44. The molecule has 1 saturated heterocycles. The summed E-state index contributed by atoms with van der Waals surface area (Å²) in [5.74, 6) is 0.786. The molecular weight excluding hydrogens is 386 g/mol. The molecule has 1 fully saturated rings. The molecule has 1 N–H and O–H groups in total. The number of carbonyl (C=O) groups is 1. The van der Waals surface area contributed by atoms with Crippen LogP contribution in [0.15, 0.2) is 51.7 Å². The first-order valence-electron chi connectivity index (χ1n) is 9.87. The van der Waals surface area contributed by atoms with Crippen LogP contribution < -0.4 is 20.4 Å². The number of methoxy groups -OCH3 is 1. The number of benzene rings is 2. The summed E-state index contributed by atoms with van der Waals surface area (Å²) in [6.07, 6.45) is 0.636. The van der Waals surface area contributed by atoms with Crippen LogP contribution in [0.25, 0.3) is 11.0 Å². The second kappa shape index (κ2) is 7.18. The van der Waals surface area contributed by atoms with Crippen molar-refractivity contribution in [2.45, 2.75) is 25.5 Å². The summed E-state index contributed by atoms with van der Waals surface area (Å²) in [4.78, 5) is 24.1. The molecular formula is C23H21NO6. The summed E-state index contributed by atoms with van der Waals surface area (Å²) < 4.78 is 22.3. The molecule has 2 aliphatic heterocycles. The van der Waals surface area contributed by atoms with Crippen molar-refractivity contribution in [3.8, 4) is 11.5 Å². The molecule has 154 valence electrons. The standard InChI is InChI=1S/C23H21NO6/c1-12(25)29-14-8-6-13(7-9-14)19-16-10-11-28-22(16)18-15-4-3-5-17(27-2)21(15)30-23(26)20(18)24-19/h3-9,16,19,22,24H,10-11H2,1-2H3/t16-,19+,22-/m0/s1. The monoisotopic (exact) mass is 407 g/mol. The smallest absolute Gasteiger partial charge is 0.360 e. The number of anilines is 1. The Morgan fingerprint density at radius 3 is 2.70 bits per heavy atom. The lowest BCUT2D eigenvalue weighted by Gasteiger charge is -2.36. The third-order valence-corrected chi connectivity index (χ3v) is 5.81. The Kier molecular flexibility index (Phi) is 4.47. The minimum atomic E-state index is -0.447. The molecule has 2 aliphatic rings. The predicted octanol–water partition coefficient (Wildman–Crippen LogP) is 3.97. The van der Waals surface area contributed by atoms with E-state index in [-0.39, 0.29) is 24.0 Å². The zero-order valence-electron chi connectivity index (χ0n) is 16.6. The maximum atomic E-state index is 12.9. The van der Waals surface area contributed by atoms with Crippen LogP contribution in [0.4, 0.5) is 5.69 Å². The molecule has 0 saturated carbocycles. The van der Waals surface area contributed by atoms with Crippen molar-refractivity contribution in [1.29, 1.82) is 0 Å². The third-order valence-electron chi connectivity index (χ3n) is 5.81. The maximum absolute atomic E-state index is 12.9. The lowest BCUT2D eigenvalue weighted by Crippen LogP contribution is -2.32. The molecule has 0 radical (unpaired) electrons. The van der Waals surface area contributed by atoms with E-state index in [1.807, 2.05) is 24.3 Å². The van der Waals surface area contributed by atoms with E-state index in [0.717, 1.165) is 22.9 Å². The van der Waals surface area contributed by atoms with Crippen LogP contribution in [0, 0.1) is 5.92 Å². The second-order valence-corrected chi connectivity index (χ2v) is 7.54. The zero-order valence-corrected chi connectivity index (χ0v) is 16.6. The van der Waals surface area contributed by atoms with Crippen LogP contribution >= 0.6 is 0 Å². The zero-order chi connectivity index (χ0) is 20.8. The number of para-hydroxylation sites is 1. The van der Waals surface area contributed by atoms with Gasteiger partial charge in [-0.2, -0.15) is 0 Å². The largest absolute Gasteiger partial charge is 0.493 e. The highest BCUT2D eigenvalue weighted by atomic mass is 16.5. The Bertz CT molecular complexity index is 1180. The molecule has 3 heterocycles. The number of nitrogens with one attached hydrogen (secondary N) is 1. The van der Waals surface area contributed by atoms with Crippen molar-refractivity contribution < 1.29 is 23.4 Å². The highest BCUT2D eigenvalue weighted by molar-refractivity contribution is 5.90. The number of carbonyl (C=O) groups excluding carboxylic acids is 1. The van der Waals surface area contributed by atoms with Crippen LogP contribution in [0.3, 0.4) is 0 Å². The first-order chi connectivity index (χ1) is 14.6. The SMILES string of the molecule is COc1cccc2c3c(c(=O)oc12)N[C@H](c1ccc(OC(C)=O)cc1)[C@@H]1CCO[C@H]31. The van der Waals surface area contributed by atoms with Gasteiger partial charge >= 0.3 is 11.6 Å². The summed E-state index contributed by atoms with van der Waals surface area (Å²) in [5.41, 5.74) is 2.23. The van der Waals surface area contributed by atoms with Crippen molar-refractivity contribution >= 4 is 22.6 Å². The van der Waals surface area contributed by atoms with Crippen molar-refractivity contribution in [1.82, 2.24) is 0 Å². The number of esters is 1. The maximum Gasteiger partial charge on any atom is 0.360 e. The van der Waals surface area contributed by atoms with Crippen LogP contribution in [0.5, 0.6) is 11.5 Å². The van der Waals surface area contributed by atoms with Crippen LogP contribution in [0.1, 0.15) is 36.6 Å². The van der Waals surface area contributed by atoms with Gasteiger partial charge in [0.05, 0.1) is 19.3 Å². The van der Waals surface area contributed by atoms with Gasteiger partial charge in [0, 0.05) is 30.4 Å². The first kappa shape index (κ1) is 18.7. The van der Waals surface area contributed by atoms with Gasteiger partial charge in [0.15, 0.2) is 11.3 Å². The topological polar surface area (TPSA) is 87.0 Å². The van der Waals surface area contributed by atoms with Gasteiger partial charge in [0.2, 0.25) is 0 Å². The molecule has 3 aromatic rings. The number of hydrogen-bond donors (Lipinski definition) is 1. The van der Waals surface area contributed by atoms with Crippen molar-refractivity contribution in [3.63, 3.8) is 0 Å². The predicted molar refractivity (Wildman–Crippen MR) is 110 cm³/mol. The van der Waals surface area contributed by atoms with E-state index in [0.29, 0.717) is 29.4 Å². The first-order valence-corrected chi connectivity index (χ1v) is 9.87. The van der Waals surface area contributed by atoms with Crippen LogP contribution in [0.2, 0.25) is 0 Å². The van der Waals surface area contributed by atoms with Gasteiger partial charge in [0.1, 0.15) is 11.4 Å². The van der Waals surface area contributed by atoms with E-state index in [1.165, 1.54) is 6.92 Å². The van der Waals surface area contributed by atoms with Crippen LogP contribution in [-0.2, 0) is 9.53 Å². The molecule has 5 rings (SSSR count). The molecule has 7 nitrogen and oxygen atoms in total. The fourth-order valence-electron chi connectivity index (χ4n) is 4.56. The molecule has 0 aliphatic carbocycles. The third kappa shape index (κ3) is 2.93. The van der Waals surface area contributed by atoms with Crippen molar-refractivity contribution in [2.75, 3.05) is 19.0 Å². The summed E-state index contributed by atoms with van der Waals surface area (Å²) in [5, 5.41) is 4.22. The van der Waals surface area contributed by atoms with E-state index >= 15 is 0 Å². The lowest BCUT2D eigenvalue weighted by molar-refractivity contribution is -0.131. The lowest BCUT2D eigenvalue weighted by atomic mass is 9.80. The van der Waals surface area contributed by atoms with Crippen molar-refractivity contribution in [2.24, 2.45) is 5.92 Å². The van der Waals surface area contributed by atoms with Gasteiger partial charge in [0.25, 0.3) is 0 Å². The molecule has 30 heavy (non-hydrogen) atoms. The van der Waals surface area contributed by atoms with Gasteiger partial charge in [-0.1, -0.05) is 24.3 Å². The number of ether oxygens (including phenoxy) is 3. The Morgan fingerprint density at radius 1 is 1.17 bits per heavy atom. The molecule has 0 spiro atoms.